The molecular weight excluding hydrogens is 423 g/mol. The molecule has 0 saturated carbocycles. The Kier molecular flexibility index (Phi) is 5.43. The van der Waals surface area contributed by atoms with Crippen LogP contribution in [0.2, 0.25) is 0 Å². The lowest BCUT2D eigenvalue weighted by Crippen LogP contribution is -2.36. The van der Waals surface area contributed by atoms with Gasteiger partial charge in [0, 0.05) is 23.6 Å². The second kappa shape index (κ2) is 8.22. The smallest absolute Gasteiger partial charge is 0.325 e. The maximum Gasteiger partial charge on any atom is 0.416 e. The summed E-state index contributed by atoms with van der Waals surface area (Å²) in [5.41, 5.74) is 1.33. The minimum atomic E-state index is -4.49. The number of carbonyl (C=O) groups is 2. The molecule has 32 heavy (non-hydrogen) atoms. The van der Waals surface area contributed by atoms with Gasteiger partial charge in [-0.25, -0.2) is 0 Å². The Hall–Kier alpha value is -4.08. The van der Waals surface area contributed by atoms with E-state index in [0.29, 0.717) is 11.4 Å². The van der Waals surface area contributed by atoms with Crippen LogP contribution in [0.15, 0.2) is 72.2 Å². The number of hydrazone groups is 1. The summed E-state index contributed by atoms with van der Waals surface area (Å²) < 4.78 is 38.3. The van der Waals surface area contributed by atoms with Crippen molar-refractivity contribution in [3.05, 3.63) is 72.7 Å². The quantitative estimate of drug-likeness (QED) is 0.619. The van der Waals surface area contributed by atoms with Crippen molar-refractivity contribution >= 4 is 28.9 Å². The standard InChI is InChI=1S/C22H16F3N5O2/c1-13-19(21(32)30(29-13)17-7-5-15(6-8-17)22(23,24)25)20(31)28-16-4-2-3-14(11-16)18-12-26-9-10-27-18/h2-12,19H,1H3,(H,28,31). The van der Waals surface area contributed by atoms with Crippen molar-refractivity contribution in [1.29, 1.82) is 0 Å². The molecule has 1 N–H and O–H groups in total. The van der Waals surface area contributed by atoms with Crippen molar-refractivity contribution in [2.24, 2.45) is 11.0 Å². The van der Waals surface area contributed by atoms with Crippen LogP contribution in [0.25, 0.3) is 11.3 Å². The fourth-order valence-electron chi connectivity index (χ4n) is 3.26. The largest absolute Gasteiger partial charge is 0.416 e. The third-order valence-electron chi connectivity index (χ3n) is 4.82. The van der Waals surface area contributed by atoms with Gasteiger partial charge in [-0.15, -0.1) is 0 Å². The molecule has 0 aliphatic carbocycles. The third kappa shape index (κ3) is 4.20. The molecule has 10 heteroatoms. The highest BCUT2D eigenvalue weighted by Gasteiger charge is 2.40. The molecule has 162 valence electrons. The molecule has 1 unspecified atom stereocenters. The molecule has 2 aromatic carbocycles. The number of nitrogens with zero attached hydrogens (tertiary/aromatic N) is 4. The molecule has 1 aromatic heterocycles. The van der Waals surface area contributed by atoms with Gasteiger partial charge < -0.3 is 5.32 Å². The number of rotatable bonds is 4. The Morgan fingerprint density at radius 1 is 1.09 bits per heavy atom. The van der Waals surface area contributed by atoms with E-state index < -0.39 is 29.5 Å². The van der Waals surface area contributed by atoms with Crippen LogP contribution in [0.4, 0.5) is 24.5 Å². The molecule has 0 saturated heterocycles. The van der Waals surface area contributed by atoms with E-state index in [2.05, 4.69) is 20.4 Å². The summed E-state index contributed by atoms with van der Waals surface area (Å²) >= 11 is 0. The monoisotopic (exact) mass is 439 g/mol. The van der Waals surface area contributed by atoms with Gasteiger partial charge in [0.25, 0.3) is 5.91 Å². The maximum atomic E-state index is 12.8. The number of alkyl halides is 3. The van der Waals surface area contributed by atoms with E-state index in [-0.39, 0.29) is 11.4 Å². The Labute approximate surface area is 180 Å². The molecule has 7 nitrogen and oxygen atoms in total. The number of aromatic nitrogens is 2. The summed E-state index contributed by atoms with van der Waals surface area (Å²) in [6.45, 7) is 1.52. The van der Waals surface area contributed by atoms with E-state index in [1.165, 1.54) is 6.92 Å². The van der Waals surface area contributed by atoms with Gasteiger partial charge in [0.15, 0.2) is 5.92 Å². The van der Waals surface area contributed by atoms with E-state index in [0.717, 1.165) is 34.8 Å². The Bertz CT molecular complexity index is 1190. The number of nitrogens with one attached hydrogen (secondary N) is 1. The van der Waals surface area contributed by atoms with Gasteiger partial charge in [-0.3, -0.25) is 19.6 Å². The first-order chi connectivity index (χ1) is 15.2. The minimum absolute atomic E-state index is 0.141. The van der Waals surface area contributed by atoms with Crippen molar-refractivity contribution in [3.63, 3.8) is 0 Å². The highest BCUT2D eigenvalue weighted by Crippen LogP contribution is 2.32. The van der Waals surface area contributed by atoms with E-state index in [1.54, 1.807) is 42.9 Å². The van der Waals surface area contributed by atoms with Crippen LogP contribution < -0.4 is 10.3 Å². The Morgan fingerprint density at radius 3 is 2.50 bits per heavy atom. The van der Waals surface area contributed by atoms with Crippen LogP contribution in [0.5, 0.6) is 0 Å². The van der Waals surface area contributed by atoms with Gasteiger partial charge >= 0.3 is 6.18 Å². The van der Waals surface area contributed by atoms with Gasteiger partial charge in [0.2, 0.25) is 5.91 Å². The molecule has 3 aromatic rings. The van der Waals surface area contributed by atoms with E-state index in [4.69, 9.17) is 0 Å². The normalized spacial score (nSPS) is 16.1. The summed E-state index contributed by atoms with van der Waals surface area (Å²) in [4.78, 5) is 33.9. The number of amides is 2. The summed E-state index contributed by atoms with van der Waals surface area (Å²) in [6, 6.07) is 10.9. The molecule has 0 radical (unpaired) electrons. The second-order valence-corrected chi connectivity index (χ2v) is 7.03. The van der Waals surface area contributed by atoms with Crippen molar-refractivity contribution in [1.82, 2.24) is 9.97 Å². The molecule has 2 amide bonds. The number of hydrogen-bond donors (Lipinski definition) is 1. The summed E-state index contributed by atoms with van der Waals surface area (Å²) in [6.07, 6.45) is 0.188. The van der Waals surface area contributed by atoms with E-state index in [1.807, 2.05) is 0 Å². The second-order valence-electron chi connectivity index (χ2n) is 7.03. The number of anilines is 2. The number of benzene rings is 2. The van der Waals surface area contributed by atoms with Gasteiger partial charge in [0.05, 0.1) is 28.9 Å². The minimum Gasteiger partial charge on any atom is -0.325 e. The average molecular weight is 439 g/mol. The van der Waals surface area contributed by atoms with Gasteiger partial charge in [0.1, 0.15) is 0 Å². The van der Waals surface area contributed by atoms with Crippen LogP contribution in [0.3, 0.4) is 0 Å². The number of carbonyl (C=O) groups excluding carboxylic acids is 2. The number of hydrogen-bond acceptors (Lipinski definition) is 5. The lowest BCUT2D eigenvalue weighted by atomic mass is 10.0. The molecular formula is C22H16F3N5O2. The molecule has 2 heterocycles. The molecule has 0 spiro atoms. The van der Waals surface area contributed by atoms with Crippen molar-refractivity contribution in [3.8, 4) is 11.3 Å². The predicted molar refractivity (Wildman–Crippen MR) is 112 cm³/mol. The van der Waals surface area contributed by atoms with Crippen molar-refractivity contribution in [2.75, 3.05) is 10.3 Å². The maximum absolute atomic E-state index is 12.8. The molecule has 4 rings (SSSR count). The highest BCUT2D eigenvalue weighted by atomic mass is 19.4. The third-order valence-corrected chi connectivity index (χ3v) is 4.82. The van der Waals surface area contributed by atoms with Crippen molar-refractivity contribution in [2.45, 2.75) is 13.1 Å². The molecule has 0 fully saturated rings. The molecule has 1 aliphatic rings. The van der Waals surface area contributed by atoms with Crippen LogP contribution in [0, 0.1) is 5.92 Å². The van der Waals surface area contributed by atoms with Crippen molar-refractivity contribution < 1.29 is 22.8 Å². The van der Waals surface area contributed by atoms with E-state index in [9.17, 15) is 22.8 Å². The fraction of sp³-hybridized carbons (Fsp3) is 0.136. The zero-order valence-electron chi connectivity index (χ0n) is 16.7. The first kappa shape index (κ1) is 21.2. The van der Waals surface area contributed by atoms with Crippen LogP contribution >= 0.6 is 0 Å². The fourth-order valence-corrected chi connectivity index (χ4v) is 3.26. The van der Waals surface area contributed by atoms with Gasteiger partial charge in [-0.1, -0.05) is 12.1 Å². The Morgan fingerprint density at radius 2 is 1.84 bits per heavy atom. The first-order valence-corrected chi connectivity index (χ1v) is 9.47. The first-order valence-electron chi connectivity index (χ1n) is 9.47. The number of halogens is 3. The van der Waals surface area contributed by atoms with E-state index >= 15 is 0 Å². The molecule has 1 aliphatic heterocycles. The molecule has 0 bridgehead atoms. The zero-order valence-corrected chi connectivity index (χ0v) is 16.7. The van der Waals surface area contributed by atoms with Gasteiger partial charge in [-0.2, -0.15) is 23.3 Å². The zero-order chi connectivity index (χ0) is 22.9. The Balaban J connectivity index is 1.51. The SMILES string of the molecule is CC1=NN(c2ccc(C(F)(F)F)cc2)C(=O)C1C(=O)Nc1cccc(-c2cnccn2)c1. The summed E-state index contributed by atoms with van der Waals surface area (Å²) in [5.74, 6) is -2.44. The van der Waals surface area contributed by atoms with Gasteiger partial charge in [-0.05, 0) is 43.3 Å². The lowest BCUT2D eigenvalue weighted by molar-refractivity contribution is -0.137. The van der Waals surface area contributed by atoms with Crippen LogP contribution in [0.1, 0.15) is 12.5 Å². The highest BCUT2D eigenvalue weighted by molar-refractivity contribution is 6.28. The average Bonchev–Trinajstić information content (AvgIpc) is 3.08. The molecule has 1 atom stereocenters. The predicted octanol–water partition coefficient (Wildman–Crippen LogP) is 4.14. The lowest BCUT2D eigenvalue weighted by Gasteiger charge is -2.15. The van der Waals surface area contributed by atoms with Crippen LogP contribution in [-0.4, -0.2) is 27.5 Å². The topological polar surface area (TPSA) is 87.5 Å². The van der Waals surface area contributed by atoms with Crippen LogP contribution in [-0.2, 0) is 15.8 Å². The summed E-state index contributed by atoms with van der Waals surface area (Å²) in [7, 11) is 0. The summed E-state index contributed by atoms with van der Waals surface area (Å²) in [5, 5.41) is 7.71.